The van der Waals surface area contributed by atoms with Crippen LogP contribution in [0.2, 0.25) is 0 Å². The van der Waals surface area contributed by atoms with Crippen molar-refractivity contribution in [3.05, 3.63) is 105 Å². The molecule has 0 bridgehead atoms. The number of aromatic nitrogens is 3. The van der Waals surface area contributed by atoms with Gasteiger partial charge in [-0.25, -0.2) is 9.18 Å². The van der Waals surface area contributed by atoms with E-state index < -0.39 is 34.4 Å². The zero-order valence-electron chi connectivity index (χ0n) is 19.4. The highest BCUT2D eigenvalue weighted by Crippen LogP contribution is 2.33. The number of pyridine rings is 1. The van der Waals surface area contributed by atoms with E-state index in [2.05, 4.69) is 25.0 Å². The van der Waals surface area contributed by atoms with Crippen molar-refractivity contribution < 1.29 is 18.8 Å². The minimum atomic E-state index is -0.883. The zero-order chi connectivity index (χ0) is 26.1. The molecule has 186 valence electrons. The van der Waals surface area contributed by atoms with Crippen molar-refractivity contribution in [2.45, 2.75) is 6.54 Å². The Labute approximate surface area is 208 Å². The Kier molecular flexibility index (Phi) is 6.02. The Hall–Kier alpha value is -5.19. The van der Waals surface area contributed by atoms with Crippen molar-refractivity contribution in [3.8, 4) is 17.1 Å². The van der Waals surface area contributed by atoms with Gasteiger partial charge in [-0.2, -0.15) is 0 Å². The summed E-state index contributed by atoms with van der Waals surface area (Å²) in [6, 6.07) is 18.0. The number of aromatic amines is 2. The quantitative estimate of drug-likeness (QED) is 0.278. The molecule has 5 aromatic rings. The number of nitrogens with one attached hydrogen (secondary N) is 3. The molecule has 11 heteroatoms. The number of halogens is 1. The molecule has 37 heavy (non-hydrogen) atoms. The van der Waals surface area contributed by atoms with Crippen LogP contribution in [0, 0.1) is 5.82 Å². The van der Waals surface area contributed by atoms with E-state index in [-0.39, 0.29) is 16.7 Å². The van der Waals surface area contributed by atoms with Crippen molar-refractivity contribution in [3.63, 3.8) is 0 Å². The van der Waals surface area contributed by atoms with Crippen molar-refractivity contribution in [1.82, 2.24) is 15.1 Å². The van der Waals surface area contributed by atoms with Crippen LogP contribution in [0.25, 0.3) is 22.3 Å². The smallest absolute Gasteiger partial charge is 0.439 e. The third kappa shape index (κ3) is 4.69. The standard InChI is InChI=1S/C26H20FN5O5/c1-32(13-14-5-3-2-4-6-14)19-12-16(27)11-18-21(19)29-25(35)20(22(18)33)24(34)28-17-9-7-15(8-10-17)23-30-26(36)37-31-23/h2-12H,13H2,1H3,(H,28,34)(H2,29,33,35)(H,30,31,36). The normalized spacial score (nSPS) is 11.0. The zero-order valence-corrected chi connectivity index (χ0v) is 19.4. The first-order valence-corrected chi connectivity index (χ1v) is 11.1. The van der Waals surface area contributed by atoms with Gasteiger partial charge in [0.1, 0.15) is 17.1 Å². The van der Waals surface area contributed by atoms with E-state index in [1.165, 1.54) is 18.2 Å². The highest BCUT2D eigenvalue weighted by Gasteiger charge is 2.22. The van der Waals surface area contributed by atoms with Crippen LogP contribution >= 0.6 is 0 Å². The average molecular weight is 501 g/mol. The number of aromatic hydroxyl groups is 1. The Balaban J connectivity index is 1.46. The molecule has 0 unspecified atom stereocenters. The van der Waals surface area contributed by atoms with Crippen LogP contribution in [-0.4, -0.2) is 33.2 Å². The van der Waals surface area contributed by atoms with Crippen LogP contribution in [0.4, 0.5) is 15.8 Å². The summed E-state index contributed by atoms with van der Waals surface area (Å²) < 4.78 is 19.0. The van der Waals surface area contributed by atoms with Crippen LogP contribution in [0.15, 0.2) is 80.8 Å². The second kappa shape index (κ2) is 9.46. The third-order valence-corrected chi connectivity index (χ3v) is 5.80. The lowest BCUT2D eigenvalue weighted by Gasteiger charge is -2.22. The summed E-state index contributed by atoms with van der Waals surface area (Å²) in [5.41, 5.74) is 0.953. The fourth-order valence-electron chi connectivity index (χ4n) is 4.04. The Morgan fingerprint density at radius 3 is 2.49 bits per heavy atom. The Bertz CT molecular complexity index is 1730. The lowest BCUT2D eigenvalue weighted by molar-refractivity contribution is 0.102. The number of benzene rings is 3. The maximum Gasteiger partial charge on any atom is 0.439 e. The van der Waals surface area contributed by atoms with Crippen LogP contribution in [0.3, 0.4) is 0 Å². The molecular formula is C26H20FN5O5. The average Bonchev–Trinajstić information content (AvgIpc) is 3.31. The first kappa shape index (κ1) is 23.5. The van der Waals surface area contributed by atoms with Crippen LogP contribution < -0.4 is 21.5 Å². The number of rotatable bonds is 6. The van der Waals surface area contributed by atoms with Gasteiger partial charge < -0.3 is 20.3 Å². The van der Waals surface area contributed by atoms with E-state index in [0.717, 1.165) is 11.6 Å². The SMILES string of the molecule is CN(Cc1ccccc1)c1cc(F)cc2c(O)c(C(=O)Nc3ccc(-c4noc(=O)[nH]4)cc3)c(=O)[nH]c12. The molecule has 4 N–H and O–H groups in total. The van der Waals surface area contributed by atoms with Crippen LogP contribution in [0.5, 0.6) is 5.75 Å². The molecule has 0 radical (unpaired) electrons. The van der Waals surface area contributed by atoms with Gasteiger partial charge in [0.2, 0.25) is 0 Å². The molecule has 2 heterocycles. The number of nitrogens with zero attached hydrogens (tertiary/aromatic N) is 2. The van der Waals surface area contributed by atoms with Crippen LogP contribution in [-0.2, 0) is 6.54 Å². The fourth-order valence-corrected chi connectivity index (χ4v) is 4.04. The van der Waals surface area contributed by atoms with Gasteiger partial charge in [-0.05, 0) is 42.0 Å². The highest BCUT2D eigenvalue weighted by molar-refractivity contribution is 6.10. The maximum atomic E-state index is 14.6. The topological polar surface area (TPSA) is 144 Å². The number of H-pyrrole nitrogens is 2. The maximum absolute atomic E-state index is 14.6. The monoisotopic (exact) mass is 501 g/mol. The van der Waals surface area contributed by atoms with E-state index in [1.807, 2.05) is 30.3 Å². The van der Waals surface area contributed by atoms with E-state index in [9.17, 15) is 23.9 Å². The van der Waals surface area contributed by atoms with Gasteiger partial charge in [0.25, 0.3) is 11.5 Å². The number of carbonyl (C=O) groups excluding carboxylic acids is 1. The van der Waals surface area contributed by atoms with Crippen LogP contribution in [0.1, 0.15) is 15.9 Å². The summed E-state index contributed by atoms with van der Waals surface area (Å²) >= 11 is 0. The van der Waals surface area contributed by atoms with Crippen molar-refractivity contribution in [2.75, 3.05) is 17.3 Å². The van der Waals surface area contributed by atoms with Gasteiger partial charge in [0.05, 0.1) is 11.2 Å². The second-order valence-corrected chi connectivity index (χ2v) is 8.34. The predicted molar refractivity (Wildman–Crippen MR) is 135 cm³/mol. The number of carbonyl (C=O) groups is 1. The molecule has 0 spiro atoms. The molecular weight excluding hydrogens is 481 g/mol. The molecule has 0 fully saturated rings. The predicted octanol–water partition coefficient (Wildman–Crippen LogP) is 3.60. The molecule has 0 aliphatic rings. The van der Waals surface area contributed by atoms with Crippen molar-refractivity contribution in [2.24, 2.45) is 0 Å². The Morgan fingerprint density at radius 2 is 1.81 bits per heavy atom. The third-order valence-electron chi connectivity index (χ3n) is 5.80. The molecule has 2 aromatic heterocycles. The summed E-state index contributed by atoms with van der Waals surface area (Å²) in [6.45, 7) is 0.419. The van der Waals surface area contributed by atoms with E-state index in [0.29, 0.717) is 23.5 Å². The molecule has 0 aliphatic heterocycles. The second-order valence-electron chi connectivity index (χ2n) is 8.34. The van der Waals surface area contributed by atoms with Crippen molar-refractivity contribution in [1.29, 1.82) is 0 Å². The van der Waals surface area contributed by atoms with Gasteiger partial charge in [-0.15, -0.1) is 0 Å². The van der Waals surface area contributed by atoms with E-state index in [1.54, 1.807) is 24.1 Å². The summed E-state index contributed by atoms with van der Waals surface area (Å²) in [4.78, 5) is 43.7. The molecule has 0 atom stereocenters. The molecule has 0 saturated heterocycles. The van der Waals surface area contributed by atoms with Gasteiger partial charge in [-0.1, -0.05) is 35.5 Å². The number of anilines is 2. The first-order chi connectivity index (χ1) is 17.8. The van der Waals surface area contributed by atoms with Gasteiger partial charge in [0, 0.05) is 30.2 Å². The molecule has 1 amide bonds. The minimum absolute atomic E-state index is 0.00926. The van der Waals surface area contributed by atoms with E-state index >= 15 is 0 Å². The minimum Gasteiger partial charge on any atom is -0.506 e. The van der Waals surface area contributed by atoms with Gasteiger partial charge in [0.15, 0.2) is 5.82 Å². The first-order valence-electron chi connectivity index (χ1n) is 11.1. The molecule has 0 aliphatic carbocycles. The molecule has 5 rings (SSSR count). The molecule has 3 aromatic carbocycles. The summed E-state index contributed by atoms with van der Waals surface area (Å²) in [5.74, 6) is -2.66. The highest BCUT2D eigenvalue weighted by atomic mass is 19.1. The lowest BCUT2D eigenvalue weighted by Crippen LogP contribution is -2.24. The number of hydrogen-bond acceptors (Lipinski definition) is 7. The van der Waals surface area contributed by atoms with E-state index in [4.69, 9.17) is 0 Å². The Morgan fingerprint density at radius 1 is 1.08 bits per heavy atom. The summed E-state index contributed by atoms with van der Waals surface area (Å²) in [7, 11) is 1.73. The van der Waals surface area contributed by atoms with Gasteiger partial charge >= 0.3 is 5.76 Å². The number of amides is 1. The molecule has 0 saturated carbocycles. The summed E-state index contributed by atoms with van der Waals surface area (Å²) in [6.07, 6.45) is 0. The van der Waals surface area contributed by atoms with Crippen molar-refractivity contribution >= 4 is 28.2 Å². The lowest BCUT2D eigenvalue weighted by atomic mass is 10.1. The largest absolute Gasteiger partial charge is 0.506 e. The fraction of sp³-hybridized carbons (Fsp3) is 0.0769. The number of hydrogen-bond donors (Lipinski definition) is 4. The summed E-state index contributed by atoms with van der Waals surface area (Å²) in [5, 5.41) is 17.0. The van der Waals surface area contributed by atoms with Gasteiger partial charge in [-0.3, -0.25) is 19.1 Å². The molecule has 10 nitrogen and oxygen atoms in total. The number of fused-ring (bicyclic) bond motifs is 1.